The maximum Gasteiger partial charge on any atom is 0.162 e. The summed E-state index contributed by atoms with van der Waals surface area (Å²) in [7, 11) is 1.89. The molecule has 1 aliphatic rings. The van der Waals surface area contributed by atoms with Gasteiger partial charge in [-0.3, -0.25) is 0 Å². The lowest BCUT2D eigenvalue weighted by molar-refractivity contribution is 0.297. The number of hydrogen-bond donors (Lipinski definition) is 1. The number of benzene rings is 1. The first kappa shape index (κ1) is 13.3. The Kier molecular flexibility index (Phi) is 3.85. The maximum atomic E-state index is 6.40. The van der Waals surface area contributed by atoms with Crippen molar-refractivity contribution in [2.24, 2.45) is 0 Å². The van der Waals surface area contributed by atoms with Crippen LogP contribution >= 0.6 is 11.6 Å². The van der Waals surface area contributed by atoms with Gasteiger partial charge in [-0.05, 0) is 24.7 Å². The van der Waals surface area contributed by atoms with Gasteiger partial charge in [0, 0.05) is 23.1 Å². The highest BCUT2D eigenvalue weighted by Crippen LogP contribution is 2.39. The molecule has 0 spiro atoms. The number of rotatable bonds is 3. The van der Waals surface area contributed by atoms with Crippen molar-refractivity contribution in [1.29, 1.82) is 0 Å². The highest BCUT2D eigenvalue weighted by molar-refractivity contribution is 6.31. The van der Waals surface area contributed by atoms with E-state index < -0.39 is 0 Å². The summed E-state index contributed by atoms with van der Waals surface area (Å²) in [5.74, 6) is 1.45. The van der Waals surface area contributed by atoms with E-state index in [0.717, 1.165) is 23.3 Å². The van der Waals surface area contributed by atoms with E-state index in [-0.39, 0.29) is 6.04 Å². The molecule has 0 bridgehead atoms. The van der Waals surface area contributed by atoms with E-state index in [1.165, 1.54) is 0 Å². The molecular weight excluding hydrogens is 278 g/mol. The summed E-state index contributed by atoms with van der Waals surface area (Å²) >= 11 is 6.40. The van der Waals surface area contributed by atoms with Crippen molar-refractivity contribution in [3.8, 4) is 11.5 Å². The minimum atomic E-state index is -0.0431. The molecule has 1 unspecified atom stereocenters. The van der Waals surface area contributed by atoms with Crippen LogP contribution in [-0.2, 0) is 0 Å². The number of nitrogens with one attached hydrogen (secondary N) is 1. The number of fused-ring (bicyclic) bond motifs is 1. The van der Waals surface area contributed by atoms with Gasteiger partial charge >= 0.3 is 0 Å². The van der Waals surface area contributed by atoms with Crippen LogP contribution < -0.4 is 14.8 Å². The van der Waals surface area contributed by atoms with Gasteiger partial charge in [0.25, 0.3) is 0 Å². The molecule has 106 valence electrons. The molecule has 0 aliphatic carbocycles. The molecule has 1 atom stereocenters. The fourth-order valence-corrected chi connectivity index (χ4v) is 2.62. The molecule has 0 fully saturated rings. The van der Waals surface area contributed by atoms with Crippen molar-refractivity contribution < 1.29 is 13.9 Å². The number of ether oxygens (including phenoxy) is 2. The predicted molar refractivity (Wildman–Crippen MR) is 76.7 cm³/mol. The first-order valence-corrected chi connectivity index (χ1v) is 6.96. The monoisotopic (exact) mass is 293 g/mol. The van der Waals surface area contributed by atoms with Crippen LogP contribution in [-0.4, -0.2) is 20.3 Å². The lowest BCUT2D eigenvalue weighted by Gasteiger charge is -2.18. The minimum Gasteiger partial charge on any atom is -0.490 e. The minimum absolute atomic E-state index is 0.0431. The Labute approximate surface area is 122 Å². The van der Waals surface area contributed by atoms with Crippen LogP contribution in [0.4, 0.5) is 0 Å². The van der Waals surface area contributed by atoms with E-state index in [0.29, 0.717) is 24.0 Å². The quantitative estimate of drug-likeness (QED) is 0.942. The van der Waals surface area contributed by atoms with Crippen molar-refractivity contribution in [2.45, 2.75) is 12.5 Å². The molecule has 1 aliphatic heterocycles. The van der Waals surface area contributed by atoms with Crippen LogP contribution in [0.2, 0.25) is 5.02 Å². The number of halogens is 1. The SMILES string of the molecule is CNC(c1ccoc1)c1cc2c(cc1Cl)OCCCO2. The number of hydrogen-bond acceptors (Lipinski definition) is 4. The van der Waals surface area contributed by atoms with Crippen LogP contribution in [0, 0.1) is 0 Å². The summed E-state index contributed by atoms with van der Waals surface area (Å²) in [6, 6.07) is 5.64. The second kappa shape index (κ2) is 5.77. The van der Waals surface area contributed by atoms with Crippen molar-refractivity contribution in [1.82, 2.24) is 5.32 Å². The second-order valence-electron chi connectivity index (χ2n) is 4.65. The van der Waals surface area contributed by atoms with Crippen LogP contribution in [0.5, 0.6) is 11.5 Å². The van der Waals surface area contributed by atoms with Crippen molar-refractivity contribution in [3.05, 3.63) is 46.9 Å². The Balaban J connectivity index is 2.02. The van der Waals surface area contributed by atoms with Gasteiger partial charge in [0.15, 0.2) is 11.5 Å². The van der Waals surface area contributed by atoms with E-state index >= 15 is 0 Å². The molecule has 1 aromatic heterocycles. The van der Waals surface area contributed by atoms with Gasteiger partial charge in [-0.1, -0.05) is 11.6 Å². The molecule has 0 amide bonds. The van der Waals surface area contributed by atoms with Gasteiger partial charge in [0.05, 0.1) is 31.8 Å². The molecule has 0 saturated heterocycles. The largest absolute Gasteiger partial charge is 0.490 e. The fraction of sp³-hybridized carbons (Fsp3) is 0.333. The fourth-order valence-electron chi connectivity index (χ4n) is 2.36. The maximum absolute atomic E-state index is 6.40. The van der Waals surface area contributed by atoms with Gasteiger partial charge < -0.3 is 19.2 Å². The van der Waals surface area contributed by atoms with E-state index in [4.69, 9.17) is 25.5 Å². The van der Waals surface area contributed by atoms with Crippen LogP contribution in [0.15, 0.2) is 35.1 Å². The molecule has 4 nitrogen and oxygen atoms in total. The summed E-state index contributed by atoms with van der Waals surface area (Å²) in [4.78, 5) is 0. The summed E-state index contributed by atoms with van der Waals surface area (Å²) in [5, 5.41) is 3.89. The zero-order chi connectivity index (χ0) is 13.9. The second-order valence-corrected chi connectivity index (χ2v) is 5.06. The summed E-state index contributed by atoms with van der Waals surface area (Å²) in [5.41, 5.74) is 1.96. The molecule has 20 heavy (non-hydrogen) atoms. The lowest BCUT2D eigenvalue weighted by atomic mass is 10.0. The molecule has 3 rings (SSSR count). The third-order valence-electron chi connectivity index (χ3n) is 3.34. The average Bonchev–Trinajstić information content (AvgIpc) is 2.87. The number of furan rings is 1. The van der Waals surface area contributed by atoms with Gasteiger partial charge in [0.1, 0.15) is 0 Å². The van der Waals surface area contributed by atoms with E-state index in [1.807, 2.05) is 25.2 Å². The highest BCUT2D eigenvalue weighted by atomic mass is 35.5. The topological polar surface area (TPSA) is 43.6 Å². The molecule has 1 aromatic carbocycles. The van der Waals surface area contributed by atoms with E-state index in [1.54, 1.807) is 12.5 Å². The molecule has 5 heteroatoms. The normalized spacial score (nSPS) is 15.7. The van der Waals surface area contributed by atoms with Gasteiger partial charge in [0.2, 0.25) is 0 Å². The smallest absolute Gasteiger partial charge is 0.162 e. The Bertz CT molecular complexity index is 583. The van der Waals surface area contributed by atoms with Crippen molar-refractivity contribution >= 4 is 11.6 Å². The van der Waals surface area contributed by atoms with Gasteiger partial charge in [-0.25, -0.2) is 0 Å². The van der Waals surface area contributed by atoms with Crippen LogP contribution in [0.1, 0.15) is 23.6 Å². The Hall–Kier alpha value is -1.65. The Morgan fingerprint density at radius 2 is 1.95 bits per heavy atom. The van der Waals surface area contributed by atoms with Crippen LogP contribution in [0.3, 0.4) is 0 Å². The predicted octanol–water partition coefficient (Wildman–Crippen LogP) is 3.40. The summed E-state index contributed by atoms with van der Waals surface area (Å²) in [6.45, 7) is 1.31. The van der Waals surface area contributed by atoms with Crippen molar-refractivity contribution in [3.63, 3.8) is 0 Å². The van der Waals surface area contributed by atoms with E-state index in [9.17, 15) is 0 Å². The van der Waals surface area contributed by atoms with Crippen molar-refractivity contribution in [2.75, 3.05) is 20.3 Å². The summed E-state index contributed by atoms with van der Waals surface area (Å²) < 4.78 is 16.5. The highest BCUT2D eigenvalue weighted by Gasteiger charge is 2.21. The van der Waals surface area contributed by atoms with E-state index in [2.05, 4.69) is 5.32 Å². The zero-order valence-corrected chi connectivity index (χ0v) is 11.9. The zero-order valence-electron chi connectivity index (χ0n) is 11.2. The molecule has 0 saturated carbocycles. The van der Waals surface area contributed by atoms with Gasteiger partial charge in [-0.2, -0.15) is 0 Å². The molecule has 1 N–H and O–H groups in total. The van der Waals surface area contributed by atoms with Gasteiger partial charge in [-0.15, -0.1) is 0 Å². The Morgan fingerprint density at radius 3 is 2.60 bits per heavy atom. The average molecular weight is 294 g/mol. The first-order chi connectivity index (χ1) is 9.79. The third kappa shape index (κ3) is 2.49. The molecule has 0 radical (unpaired) electrons. The lowest BCUT2D eigenvalue weighted by Crippen LogP contribution is -2.17. The Morgan fingerprint density at radius 1 is 1.20 bits per heavy atom. The molecule has 2 heterocycles. The molecular formula is C15H16ClNO3. The third-order valence-corrected chi connectivity index (χ3v) is 3.67. The van der Waals surface area contributed by atoms with Crippen LogP contribution in [0.25, 0.3) is 0 Å². The molecule has 2 aromatic rings. The summed E-state index contributed by atoms with van der Waals surface area (Å²) in [6.07, 6.45) is 4.23. The standard InChI is InChI=1S/C15H16ClNO3/c1-17-15(10-3-6-18-9-10)11-7-13-14(8-12(11)16)20-5-2-4-19-13/h3,6-9,15,17H,2,4-5H2,1H3. The first-order valence-electron chi connectivity index (χ1n) is 6.58.